The molecule has 0 atom stereocenters. The quantitative estimate of drug-likeness (QED) is 0.458. The first-order chi connectivity index (χ1) is 3.73. The second-order valence-electron chi connectivity index (χ2n) is 0.519. The van der Waals surface area contributed by atoms with Gasteiger partial charge in [-0.15, -0.1) is 0 Å². The summed E-state index contributed by atoms with van der Waals surface area (Å²) in [7, 11) is 0. The fourth-order valence-corrected chi connectivity index (χ4v) is 0. The highest BCUT2D eigenvalue weighted by Crippen LogP contribution is 1.42. The maximum absolute atomic E-state index is 9.00. The van der Waals surface area contributed by atoms with Gasteiger partial charge in [-0.25, -0.2) is 0 Å². The van der Waals surface area contributed by atoms with Crippen LogP contribution >= 0.6 is 0 Å². The molecule has 56 valence electrons. The van der Waals surface area contributed by atoms with Crippen LogP contribution in [0.15, 0.2) is 0 Å². The highest BCUT2D eigenvalue weighted by molar-refractivity contribution is 5.62. The van der Waals surface area contributed by atoms with Crippen molar-refractivity contribution in [3.05, 3.63) is 0 Å². The maximum Gasteiger partial charge on any atom is 0.300 e. The zero-order valence-electron chi connectivity index (χ0n) is 5.09. The fraction of sp³-hybridized carbons (Fsp3) is 0.250. The van der Waals surface area contributed by atoms with E-state index in [1.165, 1.54) is 0 Å². The summed E-state index contributed by atoms with van der Waals surface area (Å²) in [5.74, 6) is -0.833. The van der Waals surface area contributed by atoms with Crippen LogP contribution in [-0.4, -0.2) is 30.1 Å². The van der Waals surface area contributed by atoms with E-state index in [1.54, 1.807) is 0 Å². The Labute approximate surface area is 52.6 Å². The molecule has 0 heterocycles. The third kappa shape index (κ3) is 102. The summed E-state index contributed by atoms with van der Waals surface area (Å²) in [5, 5.41) is 7.42. The van der Waals surface area contributed by atoms with E-state index in [0.29, 0.717) is 0 Å². The Morgan fingerprint density at radius 1 is 1.22 bits per heavy atom. The van der Waals surface area contributed by atoms with E-state index in [2.05, 4.69) is 0 Å². The molecular weight excluding hydrogens is 128 g/mol. The SMILES string of the molecule is C=O.C=O.CC(=O)O.O. The predicted octanol–water partition coefficient (Wildman–Crippen LogP) is -1.10. The van der Waals surface area contributed by atoms with Crippen molar-refractivity contribution in [2.45, 2.75) is 6.92 Å². The molecule has 5 heteroatoms. The van der Waals surface area contributed by atoms with Gasteiger partial charge in [0.25, 0.3) is 5.97 Å². The third-order valence-corrected chi connectivity index (χ3v) is 0. The van der Waals surface area contributed by atoms with Crippen molar-refractivity contribution >= 4 is 19.5 Å². The second kappa shape index (κ2) is 71.9. The first-order valence-corrected chi connectivity index (χ1v) is 1.51. The number of hydrogen-bond donors (Lipinski definition) is 1. The van der Waals surface area contributed by atoms with Gasteiger partial charge in [-0.3, -0.25) is 4.79 Å². The molecule has 0 spiro atoms. The lowest BCUT2D eigenvalue weighted by atomic mass is 10.9. The molecule has 0 saturated carbocycles. The molecule has 0 aromatic carbocycles. The minimum absolute atomic E-state index is 0. The molecule has 0 aliphatic heterocycles. The topological polar surface area (TPSA) is 103 Å². The first kappa shape index (κ1) is 25.1. The maximum atomic E-state index is 9.00. The Morgan fingerprint density at radius 3 is 1.22 bits per heavy atom. The van der Waals surface area contributed by atoms with Crippen LogP contribution < -0.4 is 0 Å². The lowest BCUT2D eigenvalue weighted by molar-refractivity contribution is -0.134. The zero-order valence-corrected chi connectivity index (χ0v) is 5.09. The van der Waals surface area contributed by atoms with E-state index in [4.69, 9.17) is 19.5 Å². The Hall–Kier alpha value is -1.23. The summed E-state index contributed by atoms with van der Waals surface area (Å²) in [6.45, 7) is 5.08. The van der Waals surface area contributed by atoms with Gasteiger partial charge in [-0.1, -0.05) is 0 Å². The number of carboxylic acid groups (broad SMARTS) is 1. The van der Waals surface area contributed by atoms with Gasteiger partial charge in [0.05, 0.1) is 0 Å². The largest absolute Gasteiger partial charge is 0.481 e. The van der Waals surface area contributed by atoms with Gasteiger partial charge < -0.3 is 20.2 Å². The van der Waals surface area contributed by atoms with Gasteiger partial charge in [0, 0.05) is 6.92 Å². The van der Waals surface area contributed by atoms with Gasteiger partial charge in [0.2, 0.25) is 0 Å². The number of carbonyl (C=O) groups excluding carboxylic acids is 2. The van der Waals surface area contributed by atoms with E-state index < -0.39 is 5.97 Å². The first-order valence-electron chi connectivity index (χ1n) is 1.51. The molecule has 0 aliphatic rings. The molecule has 9 heavy (non-hydrogen) atoms. The van der Waals surface area contributed by atoms with Gasteiger partial charge in [-0.05, 0) is 0 Å². The average molecular weight is 138 g/mol. The smallest absolute Gasteiger partial charge is 0.300 e. The molecule has 0 unspecified atom stereocenters. The minimum Gasteiger partial charge on any atom is -0.481 e. The van der Waals surface area contributed by atoms with E-state index in [0.717, 1.165) is 6.92 Å². The average Bonchev–Trinajstić information content (AvgIpc) is 1.75. The lowest BCUT2D eigenvalue weighted by Gasteiger charge is -1.59. The van der Waals surface area contributed by atoms with E-state index in [-0.39, 0.29) is 5.48 Å². The molecule has 0 amide bonds. The summed E-state index contributed by atoms with van der Waals surface area (Å²) < 4.78 is 0. The van der Waals surface area contributed by atoms with Gasteiger partial charge in [-0.2, -0.15) is 0 Å². The summed E-state index contributed by atoms with van der Waals surface area (Å²) >= 11 is 0. The number of hydrogen-bond acceptors (Lipinski definition) is 3. The van der Waals surface area contributed by atoms with Crippen LogP contribution in [0.2, 0.25) is 0 Å². The predicted molar refractivity (Wildman–Crippen MR) is 31.2 cm³/mol. The molecule has 0 bridgehead atoms. The van der Waals surface area contributed by atoms with Crippen LogP contribution in [0.3, 0.4) is 0 Å². The summed E-state index contributed by atoms with van der Waals surface area (Å²) in [5.41, 5.74) is 0. The Balaban J connectivity index is -0.0000000221. The monoisotopic (exact) mass is 138 g/mol. The zero-order chi connectivity index (χ0) is 7.58. The normalized spacial score (nSPS) is 3.67. The van der Waals surface area contributed by atoms with Crippen LogP contribution in [0.25, 0.3) is 0 Å². The molecule has 0 aromatic heterocycles. The number of carbonyl (C=O) groups is 3. The Kier molecular flexibility index (Phi) is 200. The molecule has 0 rings (SSSR count). The molecule has 0 aromatic rings. The third-order valence-electron chi connectivity index (χ3n) is 0. The summed E-state index contributed by atoms with van der Waals surface area (Å²) in [6.07, 6.45) is 0. The van der Waals surface area contributed by atoms with Crippen molar-refractivity contribution in [1.82, 2.24) is 0 Å². The van der Waals surface area contributed by atoms with Gasteiger partial charge in [0.1, 0.15) is 13.6 Å². The van der Waals surface area contributed by atoms with E-state index in [1.807, 2.05) is 13.6 Å². The molecule has 0 fully saturated rings. The highest BCUT2D eigenvalue weighted by atomic mass is 16.4. The standard InChI is InChI=1S/C2H4O2.2CH2O.H2O/c1-2(3)4;2*1-2;/h1H3,(H,3,4);2*1H2;1H2. The highest BCUT2D eigenvalue weighted by Gasteiger charge is 1.65. The molecular formula is C4H10O5. The van der Waals surface area contributed by atoms with Crippen molar-refractivity contribution in [2.75, 3.05) is 0 Å². The Bertz CT molecular complexity index is 46.9. The van der Waals surface area contributed by atoms with Crippen LogP contribution in [0.4, 0.5) is 0 Å². The van der Waals surface area contributed by atoms with E-state index in [9.17, 15) is 0 Å². The molecule has 0 saturated heterocycles. The number of aliphatic carboxylic acids is 1. The van der Waals surface area contributed by atoms with Gasteiger partial charge >= 0.3 is 0 Å². The van der Waals surface area contributed by atoms with Crippen molar-refractivity contribution in [1.29, 1.82) is 0 Å². The van der Waals surface area contributed by atoms with Crippen LogP contribution in [0.5, 0.6) is 0 Å². The van der Waals surface area contributed by atoms with Crippen LogP contribution in [0.1, 0.15) is 6.92 Å². The number of rotatable bonds is 0. The fourth-order valence-electron chi connectivity index (χ4n) is 0. The van der Waals surface area contributed by atoms with Crippen molar-refractivity contribution < 1.29 is 25.0 Å². The summed E-state index contributed by atoms with van der Waals surface area (Å²) in [6, 6.07) is 0. The molecule has 5 nitrogen and oxygen atoms in total. The van der Waals surface area contributed by atoms with Gasteiger partial charge in [0.15, 0.2) is 0 Å². The minimum atomic E-state index is -0.833. The van der Waals surface area contributed by atoms with Crippen molar-refractivity contribution in [3.63, 3.8) is 0 Å². The van der Waals surface area contributed by atoms with Crippen LogP contribution in [-0.2, 0) is 14.4 Å². The molecule has 0 aliphatic carbocycles. The summed E-state index contributed by atoms with van der Waals surface area (Å²) in [4.78, 5) is 25.0. The van der Waals surface area contributed by atoms with Crippen LogP contribution in [0, 0.1) is 0 Å². The second-order valence-corrected chi connectivity index (χ2v) is 0.519. The molecule has 0 radical (unpaired) electrons. The Morgan fingerprint density at radius 2 is 1.22 bits per heavy atom. The molecule has 3 N–H and O–H groups in total. The van der Waals surface area contributed by atoms with Crippen molar-refractivity contribution in [3.8, 4) is 0 Å². The lowest BCUT2D eigenvalue weighted by Crippen LogP contribution is -1.78. The number of carboxylic acids is 1. The van der Waals surface area contributed by atoms with E-state index >= 15 is 0 Å². The van der Waals surface area contributed by atoms with Crippen molar-refractivity contribution in [2.24, 2.45) is 0 Å².